The van der Waals surface area contributed by atoms with Gasteiger partial charge in [-0.15, -0.1) is 0 Å². The third kappa shape index (κ3) is 7.09. The fraction of sp³-hybridized carbons (Fsp3) is 0.353. The van der Waals surface area contributed by atoms with Gasteiger partial charge in [0.2, 0.25) is 5.82 Å². The summed E-state index contributed by atoms with van der Waals surface area (Å²) in [5.74, 6) is -7.10. The van der Waals surface area contributed by atoms with Crippen molar-refractivity contribution in [1.29, 1.82) is 0 Å². The van der Waals surface area contributed by atoms with E-state index in [-0.39, 0.29) is 36.2 Å². The molecule has 0 fully saturated rings. The summed E-state index contributed by atoms with van der Waals surface area (Å²) in [6, 6.07) is 8.02. The largest absolute Gasteiger partial charge is 0.490 e. The van der Waals surface area contributed by atoms with Gasteiger partial charge in [0.1, 0.15) is 0 Å². The molecule has 42 heavy (non-hydrogen) atoms. The Morgan fingerprint density at radius 1 is 0.786 bits per heavy atom. The lowest BCUT2D eigenvalue weighted by molar-refractivity contribution is 0.0342. The van der Waals surface area contributed by atoms with Crippen LogP contribution in [0.3, 0.4) is 0 Å². The van der Waals surface area contributed by atoms with Crippen molar-refractivity contribution in [2.24, 2.45) is 0 Å². The van der Waals surface area contributed by atoms with Crippen molar-refractivity contribution in [3.05, 3.63) is 106 Å². The predicted molar refractivity (Wildman–Crippen MR) is 152 cm³/mol. The first-order chi connectivity index (χ1) is 20.3. The van der Waals surface area contributed by atoms with E-state index in [1.165, 1.54) is 18.2 Å². The lowest BCUT2D eigenvalue weighted by Gasteiger charge is -2.23. The van der Waals surface area contributed by atoms with E-state index in [1.807, 2.05) is 26.0 Å². The van der Waals surface area contributed by atoms with Crippen LogP contribution in [0.5, 0.6) is 5.75 Å². The maximum atomic E-state index is 15.0. The molecule has 4 rings (SSSR count). The van der Waals surface area contributed by atoms with E-state index in [1.54, 1.807) is 18.2 Å². The molecule has 0 N–H and O–H groups in total. The van der Waals surface area contributed by atoms with E-state index in [2.05, 4.69) is 0 Å². The molecular weight excluding hydrogens is 554 g/mol. The minimum absolute atomic E-state index is 0.0759. The van der Waals surface area contributed by atoms with Crippen LogP contribution in [-0.2, 0) is 17.8 Å². The van der Waals surface area contributed by atoms with Crippen LogP contribution in [0.1, 0.15) is 69.1 Å². The van der Waals surface area contributed by atoms with Gasteiger partial charge in [-0.3, -0.25) is 0 Å². The smallest absolute Gasteiger partial charge is 0.201 e. The molecule has 8 heteroatoms. The van der Waals surface area contributed by atoms with Gasteiger partial charge in [-0.25, -0.2) is 22.0 Å². The molecule has 3 aromatic carbocycles. The number of halogens is 6. The summed E-state index contributed by atoms with van der Waals surface area (Å²) in [5, 5.41) is 0. The van der Waals surface area contributed by atoms with Gasteiger partial charge in [0.05, 0.1) is 19.3 Å². The molecule has 0 saturated carbocycles. The molecule has 2 nitrogen and oxygen atoms in total. The molecule has 0 aliphatic heterocycles. The van der Waals surface area contributed by atoms with Crippen molar-refractivity contribution < 1.29 is 35.8 Å². The minimum atomic E-state index is -1.32. The second-order valence-electron chi connectivity index (χ2n) is 10.3. The van der Waals surface area contributed by atoms with Crippen LogP contribution >= 0.6 is 0 Å². The summed E-state index contributed by atoms with van der Waals surface area (Å²) in [5.41, 5.74) is 0.304. The van der Waals surface area contributed by atoms with Crippen molar-refractivity contribution in [1.82, 2.24) is 0 Å². The highest BCUT2D eigenvalue weighted by Gasteiger charge is 2.24. The highest BCUT2D eigenvalue weighted by atomic mass is 19.2. The number of hydrogen-bond donors (Lipinski definition) is 0. The number of ether oxygens (including phenoxy) is 2. The number of benzene rings is 3. The number of hydrogen-bond acceptors (Lipinski definition) is 2. The van der Waals surface area contributed by atoms with E-state index in [4.69, 9.17) is 9.47 Å². The van der Waals surface area contributed by atoms with Gasteiger partial charge in [0.15, 0.2) is 34.8 Å². The van der Waals surface area contributed by atoms with Crippen LogP contribution in [0, 0.1) is 34.9 Å². The van der Waals surface area contributed by atoms with E-state index in [0.717, 1.165) is 12.5 Å². The average Bonchev–Trinajstić information content (AvgIpc) is 2.99. The van der Waals surface area contributed by atoms with Crippen LogP contribution in [0.25, 0.3) is 16.7 Å². The monoisotopic (exact) mass is 588 g/mol. The van der Waals surface area contributed by atoms with Crippen LogP contribution < -0.4 is 4.74 Å². The Bertz CT molecular complexity index is 1460. The molecular formula is C34H34F6O2. The maximum Gasteiger partial charge on any atom is 0.201 e. The van der Waals surface area contributed by atoms with Crippen LogP contribution in [0.2, 0.25) is 0 Å². The fourth-order valence-electron chi connectivity index (χ4n) is 4.94. The zero-order valence-electron chi connectivity index (χ0n) is 23.7. The fourth-order valence-corrected chi connectivity index (χ4v) is 4.94. The molecule has 0 spiro atoms. The minimum Gasteiger partial charge on any atom is -0.490 e. The summed E-state index contributed by atoms with van der Waals surface area (Å²) >= 11 is 0. The predicted octanol–water partition coefficient (Wildman–Crippen LogP) is 10.0. The molecule has 0 aromatic heterocycles. The second-order valence-corrected chi connectivity index (χ2v) is 10.3. The second kappa shape index (κ2) is 14.6. The van der Waals surface area contributed by atoms with Gasteiger partial charge >= 0.3 is 0 Å². The van der Waals surface area contributed by atoms with Crippen molar-refractivity contribution in [3.8, 4) is 16.9 Å². The molecule has 0 amide bonds. The topological polar surface area (TPSA) is 18.5 Å². The zero-order valence-corrected chi connectivity index (χ0v) is 23.7. The summed E-state index contributed by atoms with van der Waals surface area (Å²) in [7, 11) is 0. The molecule has 0 saturated heterocycles. The van der Waals surface area contributed by atoms with Crippen molar-refractivity contribution in [2.75, 3.05) is 6.61 Å². The van der Waals surface area contributed by atoms with Gasteiger partial charge in [-0.1, -0.05) is 55.8 Å². The lowest BCUT2D eigenvalue weighted by atomic mass is 9.90. The Kier molecular flexibility index (Phi) is 10.9. The van der Waals surface area contributed by atoms with Crippen molar-refractivity contribution >= 4 is 5.57 Å². The average molecular weight is 589 g/mol. The first-order valence-corrected chi connectivity index (χ1v) is 14.2. The van der Waals surface area contributed by atoms with Crippen molar-refractivity contribution in [3.63, 3.8) is 0 Å². The highest BCUT2D eigenvalue weighted by Crippen LogP contribution is 2.35. The number of rotatable bonds is 12. The molecule has 1 aliphatic carbocycles. The Hall–Kier alpha value is -3.52. The zero-order chi connectivity index (χ0) is 30.2. The van der Waals surface area contributed by atoms with Gasteiger partial charge in [-0.05, 0) is 68.7 Å². The van der Waals surface area contributed by atoms with Crippen molar-refractivity contribution in [2.45, 2.75) is 71.5 Å². The third-order valence-electron chi connectivity index (χ3n) is 7.42. The first-order valence-electron chi connectivity index (χ1n) is 14.2. The molecule has 1 atom stereocenters. The van der Waals surface area contributed by atoms with E-state index < -0.39 is 46.0 Å². The SMILES string of the molecule is C/C=C/CCc1ccc(C2=CCC(OCc3ccc(-c4ccc(OCCCC)c(F)c4F)c(F)c3F)CC2)c(F)c1F. The molecule has 0 radical (unpaired) electrons. The van der Waals surface area contributed by atoms with E-state index in [9.17, 15) is 26.3 Å². The van der Waals surface area contributed by atoms with Gasteiger partial charge < -0.3 is 9.47 Å². The lowest BCUT2D eigenvalue weighted by Crippen LogP contribution is -2.16. The quantitative estimate of drug-likeness (QED) is 0.119. The summed E-state index contributed by atoms with van der Waals surface area (Å²) in [6.07, 6.45) is 9.00. The maximum absolute atomic E-state index is 15.0. The van der Waals surface area contributed by atoms with Crippen LogP contribution in [0.4, 0.5) is 26.3 Å². The summed E-state index contributed by atoms with van der Waals surface area (Å²) < 4.78 is 99.5. The normalized spacial score (nSPS) is 15.3. The molecule has 3 aromatic rings. The van der Waals surface area contributed by atoms with Gasteiger partial charge in [-0.2, -0.15) is 4.39 Å². The molecule has 0 heterocycles. The first kappa shape index (κ1) is 31.4. The van der Waals surface area contributed by atoms with Crippen LogP contribution in [-0.4, -0.2) is 12.7 Å². The van der Waals surface area contributed by atoms with E-state index >= 15 is 0 Å². The molecule has 0 bridgehead atoms. The Balaban J connectivity index is 1.40. The number of aryl methyl sites for hydroxylation is 1. The van der Waals surface area contributed by atoms with Gasteiger partial charge in [0, 0.05) is 22.3 Å². The number of allylic oxidation sites excluding steroid dienone is 3. The molecule has 1 aliphatic rings. The van der Waals surface area contributed by atoms with Crippen LogP contribution in [0.15, 0.2) is 54.6 Å². The standard InChI is InChI=1S/C34H34F6O2/c1-3-5-7-8-22-11-15-25(31(37)29(22)35)21-9-13-24(14-10-21)42-20-23-12-16-26(32(38)30(23)36)27-17-18-28(34(40)33(27)39)41-19-6-4-2/h3,5,9,11-12,15-18,24H,4,6-8,10,13-14,19-20H2,1-2H3/b5-3+. The number of unbranched alkanes of at least 4 members (excludes halogenated alkanes) is 1. The Morgan fingerprint density at radius 2 is 1.43 bits per heavy atom. The summed E-state index contributed by atoms with van der Waals surface area (Å²) in [4.78, 5) is 0. The highest BCUT2D eigenvalue weighted by molar-refractivity contribution is 5.68. The Morgan fingerprint density at radius 3 is 2.12 bits per heavy atom. The molecule has 1 unspecified atom stereocenters. The summed E-state index contributed by atoms with van der Waals surface area (Å²) in [6.45, 7) is 3.76. The third-order valence-corrected chi connectivity index (χ3v) is 7.42. The van der Waals surface area contributed by atoms with Gasteiger partial charge in [0.25, 0.3) is 0 Å². The molecule has 224 valence electrons. The van der Waals surface area contributed by atoms with E-state index in [0.29, 0.717) is 49.7 Å². The Labute approximate surface area is 242 Å².